The smallest absolute Gasteiger partial charge is 0.323 e. The molecule has 7 heteroatoms. The number of carbonyl (C=O) groups is 3. The van der Waals surface area contributed by atoms with Crippen LogP contribution in [-0.4, -0.2) is 42.3 Å². The molecule has 0 aromatic rings. The Balaban J connectivity index is 2.28. The Bertz CT molecular complexity index is 286. The third kappa shape index (κ3) is 3.50. The van der Waals surface area contributed by atoms with Gasteiger partial charge in [-0.2, -0.15) is 0 Å². The second-order valence-corrected chi connectivity index (χ2v) is 3.60. The summed E-state index contributed by atoms with van der Waals surface area (Å²) in [5.41, 5.74) is 1.69. The average Bonchev–Trinajstić information content (AvgIpc) is 2.35. The Labute approximate surface area is 93.3 Å². The maximum absolute atomic E-state index is 11.6. The normalized spacial score (nSPS) is 15.4. The third-order valence-corrected chi connectivity index (χ3v) is 2.45. The van der Waals surface area contributed by atoms with E-state index in [9.17, 15) is 14.4 Å². The van der Waals surface area contributed by atoms with Gasteiger partial charge in [0.25, 0.3) is 0 Å². The Kier molecular flexibility index (Phi) is 4.71. The first-order valence-corrected chi connectivity index (χ1v) is 5.21. The van der Waals surface area contributed by atoms with E-state index in [1.807, 2.05) is 0 Å². The topological polar surface area (TPSA) is 105 Å². The number of nitrogens with one attached hydrogen (secondary N) is 2. The summed E-state index contributed by atoms with van der Waals surface area (Å²) < 4.78 is 0. The summed E-state index contributed by atoms with van der Waals surface area (Å²) in [6.45, 7) is 1.28. The molecule has 1 aliphatic rings. The van der Waals surface area contributed by atoms with Gasteiger partial charge in [0.2, 0.25) is 5.91 Å². The highest BCUT2D eigenvalue weighted by atomic mass is 16.2. The summed E-state index contributed by atoms with van der Waals surface area (Å²) in [5.74, 6) is 2.75. The monoisotopic (exact) mass is 228 g/mol. The van der Waals surface area contributed by atoms with Crippen LogP contribution < -0.4 is 16.6 Å². The van der Waals surface area contributed by atoms with Gasteiger partial charge in [0, 0.05) is 13.1 Å². The molecule has 1 rings (SSSR count). The summed E-state index contributed by atoms with van der Waals surface area (Å²) in [5, 5.41) is 2.21. The van der Waals surface area contributed by atoms with Crippen molar-refractivity contribution in [2.24, 2.45) is 5.84 Å². The van der Waals surface area contributed by atoms with Crippen molar-refractivity contribution in [3.63, 3.8) is 0 Å². The summed E-state index contributed by atoms with van der Waals surface area (Å²) >= 11 is 0. The van der Waals surface area contributed by atoms with Crippen molar-refractivity contribution in [1.82, 2.24) is 15.6 Å². The zero-order valence-electron chi connectivity index (χ0n) is 8.99. The molecule has 0 saturated carbocycles. The van der Waals surface area contributed by atoms with E-state index in [1.165, 1.54) is 0 Å². The number of hydrogen-bond donors (Lipinski definition) is 3. The fraction of sp³-hybridized carbons (Fsp3) is 0.667. The Morgan fingerprint density at radius 3 is 2.25 bits per heavy atom. The molecular formula is C9H16N4O3. The number of amides is 3. The van der Waals surface area contributed by atoms with Crippen LogP contribution in [-0.2, 0) is 14.4 Å². The highest BCUT2D eigenvalue weighted by Gasteiger charge is 2.18. The Hall–Kier alpha value is -1.63. The Morgan fingerprint density at radius 1 is 1.06 bits per heavy atom. The SMILES string of the molecule is NNC(=O)C(=O)NCC(=O)N1CCCCC1. The van der Waals surface area contributed by atoms with Crippen LogP contribution in [0.3, 0.4) is 0 Å². The van der Waals surface area contributed by atoms with Gasteiger partial charge in [-0.25, -0.2) is 5.84 Å². The quantitative estimate of drug-likeness (QED) is 0.222. The van der Waals surface area contributed by atoms with Gasteiger partial charge in [-0.1, -0.05) is 0 Å². The predicted molar refractivity (Wildman–Crippen MR) is 55.8 cm³/mol. The van der Waals surface area contributed by atoms with E-state index >= 15 is 0 Å². The lowest BCUT2D eigenvalue weighted by molar-refractivity contribution is -0.140. The van der Waals surface area contributed by atoms with Crippen LogP contribution in [0.2, 0.25) is 0 Å². The number of hydrogen-bond acceptors (Lipinski definition) is 4. The maximum atomic E-state index is 11.6. The molecule has 0 atom stereocenters. The average molecular weight is 228 g/mol. The molecule has 0 unspecified atom stereocenters. The zero-order chi connectivity index (χ0) is 12.0. The molecule has 1 saturated heterocycles. The second-order valence-electron chi connectivity index (χ2n) is 3.60. The molecule has 1 fully saturated rings. The highest BCUT2D eigenvalue weighted by Crippen LogP contribution is 2.07. The molecule has 1 heterocycles. The van der Waals surface area contributed by atoms with Crippen molar-refractivity contribution in [3.05, 3.63) is 0 Å². The van der Waals surface area contributed by atoms with Crippen molar-refractivity contribution in [1.29, 1.82) is 0 Å². The molecule has 1 aliphatic heterocycles. The van der Waals surface area contributed by atoms with Crippen molar-refractivity contribution >= 4 is 17.7 Å². The number of rotatable bonds is 2. The molecule has 7 nitrogen and oxygen atoms in total. The summed E-state index contributed by atoms with van der Waals surface area (Å²) in [6.07, 6.45) is 3.11. The highest BCUT2D eigenvalue weighted by molar-refractivity contribution is 6.35. The van der Waals surface area contributed by atoms with Crippen LogP contribution >= 0.6 is 0 Å². The van der Waals surface area contributed by atoms with Crippen molar-refractivity contribution in [2.75, 3.05) is 19.6 Å². The van der Waals surface area contributed by atoms with Crippen molar-refractivity contribution in [3.8, 4) is 0 Å². The molecule has 0 bridgehead atoms. The van der Waals surface area contributed by atoms with Gasteiger partial charge in [-0.15, -0.1) is 0 Å². The summed E-state index contributed by atoms with van der Waals surface area (Å²) in [7, 11) is 0. The van der Waals surface area contributed by atoms with Gasteiger partial charge < -0.3 is 10.2 Å². The zero-order valence-corrected chi connectivity index (χ0v) is 8.99. The fourth-order valence-electron chi connectivity index (χ4n) is 1.56. The van der Waals surface area contributed by atoms with E-state index in [0.717, 1.165) is 32.4 Å². The molecule has 16 heavy (non-hydrogen) atoms. The van der Waals surface area contributed by atoms with E-state index in [4.69, 9.17) is 5.84 Å². The standard InChI is InChI=1S/C9H16N4O3/c10-12-9(16)8(15)11-6-7(14)13-4-2-1-3-5-13/h1-6,10H2,(H,11,15)(H,12,16). The molecule has 90 valence electrons. The minimum absolute atomic E-state index is 0.160. The van der Waals surface area contributed by atoms with Gasteiger partial charge in [0.1, 0.15) is 0 Å². The minimum Gasteiger partial charge on any atom is -0.341 e. The number of likely N-dealkylation sites (tertiary alicyclic amines) is 1. The van der Waals surface area contributed by atoms with E-state index in [0.29, 0.717) is 0 Å². The van der Waals surface area contributed by atoms with Crippen LogP contribution in [0.15, 0.2) is 0 Å². The molecule has 0 aliphatic carbocycles. The number of nitrogens with two attached hydrogens (primary N) is 1. The van der Waals surface area contributed by atoms with Crippen LogP contribution in [0.4, 0.5) is 0 Å². The molecule has 4 N–H and O–H groups in total. The third-order valence-electron chi connectivity index (χ3n) is 2.45. The van der Waals surface area contributed by atoms with Gasteiger partial charge in [-0.3, -0.25) is 19.8 Å². The second kappa shape index (κ2) is 6.06. The van der Waals surface area contributed by atoms with Crippen LogP contribution in [0.5, 0.6) is 0 Å². The lowest BCUT2D eigenvalue weighted by Gasteiger charge is -2.26. The first-order valence-electron chi connectivity index (χ1n) is 5.21. The number of nitrogens with zero attached hydrogens (tertiary/aromatic N) is 1. The first-order chi connectivity index (χ1) is 7.65. The van der Waals surface area contributed by atoms with Crippen LogP contribution in [0.1, 0.15) is 19.3 Å². The largest absolute Gasteiger partial charge is 0.341 e. The molecular weight excluding hydrogens is 212 g/mol. The lowest BCUT2D eigenvalue weighted by atomic mass is 10.1. The van der Waals surface area contributed by atoms with Gasteiger partial charge in [-0.05, 0) is 19.3 Å². The van der Waals surface area contributed by atoms with Gasteiger partial charge >= 0.3 is 11.8 Å². The van der Waals surface area contributed by atoms with Gasteiger partial charge in [0.15, 0.2) is 0 Å². The summed E-state index contributed by atoms with van der Waals surface area (Å²) in [6, 6.07) is 0. The molecule has 0 radical (unpaired) electrons. The summed E-state index contributed by atoms with van der Waals surface area (Å²) in [4.78, 5) is 35.0. The predicted octanol–water partition coefficient (Wildman–Crippen LogP) is -1.89. The van der Waals surface area contributed by atoms with Crippen LogP contribution in [0, 0.1) is 0 Å². The number of piperidine rings is 1. The minimum atomic E-state index is -0.952. The maximum Gasteiger partial charge on any atom is 0.323 e. The van der Waals surface area contributed by atoms with Crippen LogP contribution in [0.25, 0.3) is 0 Å². The fourth-order valence-corrected chi connectivity index (χ4v) is 1.56. The molecule has 0 spiro atoms. The van der Waals surface area contributed by atoms with Crippen molar-refractivity contribution < 1.29 is 14.4 Å². The molecule has 0 aromatic carbocycles. The van der Waals surface area contributed by atoms with E-state index < -0.39 is 11.8 Å². The Morgan fingerprint density at radius 2 is 1.69 bits per heavy atom. The molecule has 0 aromatic heterocycles. The first kappa shape index (κ1) is 12.4. The van der Waals surface area contributed by atoms with Gasteiger partial charge in [0.05, 0.1) is 6.54 Å². The number of hydrazine groups is 1. The van der Waals surface area contributed by atoms with Crippen molar-refractivity contribution in [2.45, 2.75) is 19.3 Å². The van der Waals surface area contributed by atoms with E-state index in [2.05, 4.69) is 5.32 Å². The number of carbonyl (C=O) groups excluding carboxylic acids is 3. The van der Waals surface area contributed by atoms with E-state index in [1.54, 1.807) is 10.3 Å². The lowest BCUT2D eigenvalue weighted by Crippen LogP contribution is -2.47. The van der Waals surface area contributed by atoms with E-state index in [-0.39, 0.29) is 12.5 Å². The molecule has 3 amide bonds.